The summed E-state index contributed by atoms with van der Waals surface area (Å²) in [4.78, 5) is 30.4. The predicted molar refractivity (Wildman–Crippen MR) is 108 cm³/mol. The lowest BCUT2D eigenvalue weighted by atomic mass is 10.0. The summed E-state index contributed by atoms with van der Waals surface area (Å²) in [5, 5.41) is 2.88. The Labute approximate surface area is 175 Å². The number of hydrogen-bond donors (Lipinski definition) is 1. The van der Waals surface area contributed by atoms with Crippen LogP contribution in [0.5, 0.6) is 0 Å². The van der Waals surface area contributed by atoms with Gasteiger partial charge in [0.15, 0.2) is 0 Å². The topological polar surface area (TPSA) is 103 Å². The van der Waals surface area contributed by atoms with Gasteiger partial charge in [0, 0.05) is 13.7 Å². The molecule has 0 bridgehead atoms. The van der Waals surface area contributed by atoms with Crippen molar-refractivity contribution in [1.82, 2.24) is 10.3 Å². The van der Waals surface area contributed by atoms with E-state index in [0.717, 1.165) is 5.56 Å². The minimum absolute atomic E-state index is 0.102. The number of carbonyl (C=O) groups excluding carboxylic acids is 2. The Balaban J connectivity index is 1.56. The highest BCUT2D eigenvalue weighted by molar-refractivity contribution is 5.87. The van der Waals surface area contributed by atoms with Gasteiger partial charge in [-0.1, -0.05) is 30.3 Å². The van der Waals surface area contributed by atoms with E-state index in [4.69, 9.17) is 18.6 Å². The first-order valence-electron chi connectivity index (χ1n) is 9.91. The first kappa shape index (κ1) is 21.6. The number of nitrogens with zero attached hydrogens (tertiary/aromatic N) is 2. The second-order valence-corrected chi connectivity index (χ2v) is 6.95. The lowest BCUT2D eigenvalue weighted by Gasteiger charge is -2.37. The molecule has 1 aliphatic heterocycles. The van der Waals surface area contributed by atoms with Crippen molar-refractivity contribution in [3.63, 3.8) is 0 Å². The van der Waals surface area contributed by atoms with E-state index in [1.807, 2.05) is 35.2 Å². The van der Waals surface area contributed by atoms with Gasteiger partial charge in [-0.05, 0) is 25.8 Å². The average Bonchev–Trinajstić information content (AvgIpc) is 3.15. The number of oxazole rings is 1. The van der Waals surface area contributed by atoms with E-state index in [2.05, 4.69) is 10.3 Å². The molecule has 1 N–H and O–H groups in total. The van der Waals surface area contributed by atoms with Crippen LogP contribution in [0, 0.1) is 6.92 Å². The van der Waals surface area contributed by atoms with Gasteiger partial charge in [-0.3, -0.25) is 0 Å². The second kappa shape index (κ2) is 10.1. The number of hydrogen-bond acceptors (Lipinski definition) is 8. The molecule has 1 saturated heterocycles. The van der Waals surface area contributed by atoms with Crippen LogP contribution in [0.25, 0.3) is 0 Å². The summed E-state index contributed by atoms with van der Waals surface area (Å²) in [6.07, 6.45) is -0.174. The molecule has 0 aliphatic carbocycles. The van der Waals surface area contributed by atoms with Crippen molar-refractivity contribution in [2.75, 3.05) is 31.7 Å². The molecule has 9 nitrogen and oxygen atoms in total. The van der Waals surface area contributed by atoms with Crippen LogP contribution < -0.4 is 10.2 Å². The van der Waals surface area contributed by atoms with Gasteiger partial charge in [-0.2, -0.15) is 4.98 Å². The molecule has 0 spiro atoms. The van der Waals surface area contributed by atoms with Gasteiger partial charge in [-0.25, -0.2) is 9.59 Å². The van der Waals surface area contributed by atoms with Crippen molar-refractivity contribution in [1.29, 1.82) is 0 Å². The minimum Gasteiger partial charge on any atom is -0.460 e. The van der Waals surface area contributed by atoms with Gasteiger partial charge in [0.25, 0.3) is 6.01 Å². The maximum absolute atomic E-state index is 12.2. The van der Waals surface area contributed by atoms with E-state index in [1.54, 1.807) is 21.0 Å². The molecular formula is C21H27N3O6. The van der Waals surface area contributed by atoms with Crippen molar-refractivity contribution < 1.29 is 28.2 Å². The highest BCUT2D eigenvalue weighted by Gasteiger charge is 2.33. The zero-order valence-electron chi connectivity index (χ0n) is 17.4. The standard InChI is InChI=1S/C21H27N3O6/c1-4-28-19(25)18-14(2)22-20(30-18)24-11-10-16(17(12-24)27-3)23-21(26)29-13-15-8-6-5-7-9-15/h5-9,16-17H,4,10-13H2,1-3H3,(H,23,26). The van der Waals surface area contributed by atoms with Crippen LogP contribution in [0.3, 0.4) is 0 Å². The molecule has 1 aromatic carbocycles. The smallest absolute Gasteiger partial charge is 0.407 e. The summed E-state index contributed by atoms with van der Waals surface area (Å²) < 4.78 is 21.5. The fourth-order valence-electron chi connectivity index (χ4n) is 3.31. The third-order valence-corrected chi connectivity index (χ3v) is 4.89. The van der Waals surface area contributed by atoms with E-state index in [0.29, 0.717) is 31.2 Å². The molecular weight excluding hydrogens is 390 g/mol. The van der Waals surface area contributed by atoms with Crippen molar-refractivity contribution in [2.24, 2.45) is 0 Å². The van der Waals surface area contributed by atoms with Gasteiger partial charge in [0.05, 0.1) is 31.0 Å². The monoisotopic (exact) mass is 417 g/mol. The van der Waals surface area contributed by atoms with Gasteiger partial charge in [0.2, 0.25) is 5.76 Å². The first-order chi connectivity index (χ1) is 14.5. The van der Waals surface area contributed by atoms with Crippen LogP contribution in [-0.2, 0) is 20.8 Å². The Morgan fingerprint density at radius 3 is 2.73 bits per heavy atom. The molecule has 1 fully saturated rings. The minimum atomic E-state index is -0.533. The number of benzene rings is 1. The van der Waals surface area contributed by atoms with E-state index in [-0.39, 0.29) is 31.1 Å². The van der Waals surface area contributed by atoms with E-state index >= 15 is 0 Å². The second-order valence-electron chi connectivity index (χ2n) is 6.95. The van der Waals surface area contributed by atoms with Crippen LogP contribution >= 0.6 is 0 Å². The van der Waals surface area contributed by atoms with E-state index in [9.17, 15) is 9.59 Å². The molecule has 0 radical (unpaired) electrons. The van der Waals surface area contributed by atoms with Gasteiger partial charge in [0.1, 0.15) is 6.61 Å². The highest BCUT2D eigenvalue weighted by atomic mass is 16.6. The Bertz CT molecular complexity index is 854. The Kier molecular flexibility index (Phi) is 7.29. The number of alkyl carbamates (subject to hydrolysis) is 1. The summed E-state index contributed by atoms with van der Waals surface area (Å²) >= 11 is 0. The van der Waals surface area contributed by atoms with E-state index in [1.165, 1.54) is 0 Å². The summed E-state index contributed by atoms with van der Waals surface area (Å²) in [5.74, 6) is -0.430. The third-order valence-electron chi connectivity index (χ3n) is 4.89. The number of amides is 1. The van der Waals surface area contributed by atoms with Crippen molar-refractivity contribution in [2.45, 2.75) is 39.0 Å². The van der Waals surface area contributed by atoms with Crippen LogP contribution in [0.1, 0.15) is 35.2 Å². The van der Waals surface area contributed by atoms with Crippen molar-refractivity contribution >= 4 is 18.1 Å². The van der Waals surface area contributed by atoms with Crippen LogP contribution in [0.15, 0.2) is 34.7 Å². The molecule has 2 atom stereocenters. The molecule has 1 aromatic heterocycles. The van der Waals surface area contributed by atoms with Crippen LogP contribution in [0.4, 0.5) is 10.8 Å². The average molecular weight is 417 g/mol. The predicted octanol–water partition coefficient (Wildman–Crippen LogP) is 2.68. The number of carbonyl (C=O) groups is 2. The Morgan fingerprint density at radius 2 is 2.03 bits per heavy atom. The number of esters is 1. The number of rotatable bonds is 7. The van der Waals surface area contributed by atoms with Gasteiger partial charge in [-0.15, -0.1) is 0 Å². The molecule has 9 heteroatoms. The van der Waals surface area contributed by atoms with Gasteiger partial charge < -0.3 is 28.8 Å². The maximum atomic E-state index is 12.2. The number of piperidine rings is 1. The lowest BCUT2D eigenvalue weighted by molar-refractivity contribution is 0.0481. The fraction of sp³-hybridized carbons (Fsp3) is 0.476. The molecule has 3 rings (SSSR count). The molecule has 2 unspecified atom stereocenters. The summed E-state index contributed by atoms with van der Waals surface area (Å²) in [7, 11) is 1.59. The highest BCUT2D eigenvalue weighted by Crippen LogP contribution is 2.24. The van der Waals surface area contributed by atoms with Crippen LogP contribution in [-0.4, -0.2) is 56.0 Å². The zero-order valence-corrected chi connectivity index (χ0v) is 17.4. The SMILES string of the molecule is CCOC(=O)c1oc(N2CCC(NC(=O)OCc3ccccc3)C(OC)C2)nc1C. The van der Waals surface area contributed by atoms with Crippen molar-refractivity contribution in [3.8, 4) is 0 Å². The summed E-state index contributed by atoms with van der Waals surface area (Å²) in [5.41, 5.74) is 1.39. The number of methoxy groups -OCH3 is 1. The molecule has 162 valence electrons. The summed E-state index contributed by atoms with van der Waals surface area (Å²) in [6, 6.07) is 9.61. The van der Waals surface area contributed by atoms with Crippen molar-refractivity contribution in [3.05, 3.63) is 47.3 Å². The largest absolute Gasteiger partial charge is 0.460 e. The normalized spacial score (nSPS) is 18.7. The number of aromatic nitrogens is 1. The lowest BCUT2D eigenvalue weighted by Crippen LogP contribution is -2.55. The number of nitrogens with one attached hydrogen (secondary N) is 1. The number of aryl methyl sites for hydroxylation is 1. The Hall–Kier alpha value is -3.07. The molecule has 1 amide bonds. The Morgan fingerprint density at radius 1 is 1.27 bits per heavy atom. The van der Waals surface area contributed by atoms with Crippen LogP contribution in [0.2, 0.25) is 0 Å². The van der Waals surface area contributed by atoms with E-state index < -0.39 is 12.1 Å². The molecule has 30 heavy (non-hydrogen) atoms. The number of anilines is 1. The number of ether oxygens (including phenoxy) is 3. The maximum Gasteiger partial charge on any atom is 0.407 e. The zero-order chi connectivity index (χ0) is 21.5. The third kappa shape index (κ3) is 5.29. The molecule has 2 aromatic rings. The quantitative estimate of drug-likeness (QED) is 0.686. The molecule has 2 heterocycles. The fourth-order valence-corrected chi connectivity index (χ4v) is 3.31. The van der Waals surface area contributed by atoms with Gasteiger partial charge >= 0.3 is 12.1 Å². The molecule has 0 saturated carbocycles. The summed E-state index contributed by atoms with van der Waals surface area (Å²) in [6.45, 7) is 4.92. The molecule has 1 aliphatic rings. The first-order valence-corrected chi connectivity index (χ1v) is 9.91.